The first-order valence-corrected chi connectivity index (χ1v) is 10.9. The predicted octanol–water partition coefficient (Wildman–Crippen LogP) is 2.88. The molecule has 0 radical (unpaired) electrons. The average molecular weight is 414 g/mol. The molecule has 3 rings (SSSR count). The number of amides is 1. The molecule has 0 saturated heterocycles. The number of hydrogen-bond donors (Lipinski definition) is 2. The van der Waals surface area contributed by atoms with Gasteiger partial charge in [0, 0.05) is 12.7 Å². The number of nitrogens with one attached hydrogen (secondary N) is 1. The topological polar surface area (TPSA) is 102 Å². The zero-order valence-corrected chi connectivity index (χ0v) is 16.5. The highest BCUT2D eigenvalue weighted by molar-refractivity contribution is 8.00. The second-order valence-corrected chi connectivity index (χ2v) is 8.67. The van der Waals surface area contributed by atoms with Gasteiger partial charge in [-0.25, -0.2) is 18.5 Å². The fourth-order valence-corrected chi connectivity index (χ4v) is 4.04. The third kappa shape index (κ3) is 5.41. The van der Waals surface area contributed by atoms with E-state index in [0.717, 1.165) is 16.2 Å². The Morgan fingerprint density at radius 3 is 2.29 bits per heavy atom. The van der Waals surface area contributed by atoms with Gasteiger partial charge in [-0.1, -0.05) is 60.3 Å². The summed E-state index contributed by atoms with van der Waals surface area (Å²) in [4.78, 5) is 17.2. The van der Waals surface area contributed by atoms with Gasteiger partial charge < -0.3 is 5.32 Å². The fourth-order valence-electron chi connectivity index (χ4n) is 2.52. The molecule has 1 amide bonds. The van der Waals surface area contributed by atoms with Crippen molar-refractivity contribution in [1.82, 2.24) is 10.3 Å². The van der Waals surface area contributed by atoms with E-state index >= 15 is 0 Å². The van der Waals surface area contributed by atoms with E-state index in [1.165, 1.54) is 23.9 Å². The average Bonchev–Trinajstić information content (AvgIpc) is 2.71. The predicted molar refractivity (Wildman–Crippen MR) is 109 cm³/mol. The minimum atomic E-state index is -3.73. The number of sulfonamides is 1. The molecule has 28 heavy (non-hydrogen) atoms. The summed E-state index contributed by atoms with van der Waals surface area (Å²) in [5.41, 5.74) is 1.65. The van der Waals surface area contributed by atoms with Crippen molar-refractivity contribution in [3.63, 3.8) is 0 Å². The molecule has 0 aliphatic rings. The molecule has 6 nitrogen and oxygen atoms in total. The minimum absolute atomic E-state index is 0.0375. The van der Waals surface area contributed by atoms with Crippen molar-refractivity contribution in [1.29, 1.82) is 0 Å². The van der Waals surface area contributed by atoms with Gasteiger partial charge in [-0.05, 0) is 35.4 Å². The van der Waals surface area contributed by atoms with Gasteiger partial charge in [0.05, 0.1) is 9.92 Å². The van der Waals surface area contributed by atoms with Gasteiger partial charge in [0.25, 0.3) is 0 Å². The van der Waals surface area contributed by atoms with Crippen LogP contribution in [0.4, 0.5) is 0 Å². The lowest BCUT2D eigenvalue weighted by molar-refractivity contribution is -0.120. The van der Waals surface area contributed by atoms with Crippen LogP contribution in [-0.2, 0) is 21.4 Å². The molecule has 0 bridgehead atoms. The molecule has 1 aromatic heterocycles. The van der Waals surface area contributed by atoms with Crippen molar-refractivity contribution in [3.8, 4) is 0 Å². The van der Waals surface area contributed by atoms with E-state index in [2.05, 4.69) is 10.3 Å². The normalized spacial score (nSPS) is 12.3. The molecular formula is C20H19N3O3S2. The van der Waals surface area contributed by atoms with Gasteiger partial charge in [0.15, 0.2) is 0 Å². The number of rotatable bonds is 7. The summed E-state index contributed by atoms with van der Waals surface area (Å²) in [5, 5.41) is 8.30. The summed E-state index contributed by atoms with van der Waals surface area (Å²) < 4.78 is 22.7. The van der Waals surface area contributed by atoms with Crippen LogP contribution in [0.3, 0.4) is 0 Å². The first-order chi connectivity index (χ1) is 13.4. The van der Waals surface area contributed by atoms with Crippen molar-refractivity contribution in [2.45, 2.75) is 21.7 Å². The molecule has 3 N–H and O–H groups in total. The molecule has 0 fully saturated rings. The van der Waals surface area contributed by atoms with Crippen molar-refractivity contribution in [2.24, 2.45) is 5.14 Å². The quantitative estimate of drug-likeness (QED) is 0.580. The van der Waals surface area contributed by atoms with E-state index in [4.69, 9.17) is 5.14 Å². The van der Waals surface area contributed by atoms with Gasteiger partial charge in [-0.15, -0.1) is 0 Å². The maximum absolute atomic E-state index is 12.9. The number of primary sulfonamides is 1. The highest BCUT2D eigenvalue weighted by Gasteiger charge is 2.22. The standard InChI is InChI=1S/C20H19N3O3S2/c21-28(25,26)17-11-9-15(10-12-17)14-23-20(24)19(16-6-2-1-3-7-16)27-18-8-4-5-13-22-18/h1-13,19H,14H2,(H,23,24)(H2,21,25,26). The third-order valence-corrected chi connectivity index (χ3v) is 6.07. The number of thioether (sulfide) groups is 1. The van der Waals surface area contributed by atoms with E-state index in [1.54, 1.807) is 18.3 Å². The Morgan fingerprint density at radius 1 is 1.00 bits per heavy atom. The van der Waals surface area contributed by atoms with E-state index in [-0.39, 0.29) is 17.3 Å². The van der Waals surface area contributed by atoms with E-state index in [9.17, 15) is 13.2 Å². The second-order valence-electron chi connectivity index (χ2n) is 5.98. The van der Waals surface area contributed by atoms with Crippen LogP contribution in [0.2, 0.25) is 0 Å². The molecule has 144 valence electrons. The van der Waals surface area contributed by atoms with Gasteiger partial charge in [-0.2, -0.15) is 0 Å². The molecule has 1 heterocycles. The molecule has 0 aliphatic carbocycles. The monoisotopic (exact) mass is 413 g/mol. The number of hydrogen-bond acceptors (Lipinski definition) is 5. The summed E-state index contributed by atoms with van der Waals surface area (Å²) in [7, 11) is -3.73. The van der Waals surface area contributed by atoms with Crippen LogP contribution in [-0.4, -0.2) is 19.3 Å². The van der Waals surface area contributed by atoms with E-state index < -0.39 is 15.3 Å². The van der Waals surface area contributed by atoms with Crippen LogP contribution in [0.5, 0.6) is 0 Å². The molecule has 2 aromatic carbocycles. The molecule has 8 heteroatoms. The maximum atomic E-state index is 12.9. The number of pyridine rings is 1. The Balaban J connectivity index is 1.72. The van der Waals surface area contributed by atoms with Gasteiger partial charge in [0.2, 0.25) is 15.9 Å². The number of aromatic nitrogens is 1. The number of nitrogens with two attached hydrogens (primary N) is 1. The van der Waals surface area contributed by atoms with Gasteiger partial charge in [0.1, 0.15) is 5.25 Å². The zero-order valence-electron chi connectivity index (χ0n) is 14.9. The Kier molecular flexibility index (Phi) is 6.45. The van der Waals surface area contributed by atoms with Crippen LogP contribution in [0.15, 0.2) is 88.9 Å². The lowest BCUT2D eigenvalue weighted by Gasteiger charge is -2.16. The Hall–Kier alpha value is -2.68. The Labute approximate surface area is 168 Å². The van der Waals surface area contributed by atoms with Crippen LogP contribution in [0.25, 0.3) is 0 Å². The summed E-state index contributed by atoms with van der Waals surface area (Å²) in [6.07, 6.45) is 1.69. The maximum Gasteiger partial charge on any atom is 0.238 e. The smallest absolute Gasteiger partial charge is 0.238 e. The highest BCUT2D eigenvalue weighted by Crippen LogP contribution is 2.34. The van der Waals surface area contributed by atoms with Crippen LogP contribution in [0, 0.1) is 0 Å². The first-order valence-electron chi connectivity index (χ1n) is 8.45. The zero-order chi connectivity index (χ0) is 20.0. The number of carbonyl (C=O) groups excluding carboxylic acids is 1. The summed E-state index contributed by atoms with van der Waals surface area (Å²) in [6.45, 7) is 0.274. The molecule has 3 aromatic rings. The molecule has 1 unspecified atom stereocenters. The van der Waals surface area contributed by atoms with Crippen LogP contribution >= 0.6 is 11.8 Å². The second kappa shape index (κ2) is 9.01. The third-order valence-electron chi connectivity index (χ3n) is 3.94. The van der Waals surface area contributed by atoms with Gasteiger partial charge >= 0.3 is 0 Å². The number of carbonyl (C=O) groups is 1. The number of nitrogens with zero attached hydrogens (tertiary/aromatic N) is 1. The van der Waals surface area contributed by atoms with Crippen LogP contribution in [0.1, 0.15) is 16.4 Å². The Bertz CT molecular complexity index is 1030. The summed E-state index contributed by atoms with van der Waals surface area (Å²) in [6, 6.07) is 21.2. The van der Waals surface area contributed by atoms with E-state index in [0.29, 0.717) is 0 Å². The molecular weight excluding hydrogens is 394 g/mol. The van der Waals surface area contributed by atoms with Crippen molar-refractivity contribution < 1.29 is 13.2 Å². The fraction of sp³-hybridized carbons (Fsp3) is 0.100. The summed E-state index contributed by atoms with van der Waals surface area (Å²) in [5.74, 6) is -0.155. The minimum Gasteiger partial charge on any atom is -0.351 e. The van der Waals surface area contributed by atoms with Crippen molar-refractivity contribution in [3.05, 3.63) is 90.1 Å². The largest absolute Gasteiger partial charge is 0.351 e. The summed E-state index contributed by atoms with van der Waals surface area (Å²) >= 11 is 1.37. The lowest BCUT2D eigenvalue weighted by Crippen LogP contribution is -2.27. The SMILES string of the molecule is NS(=O)(=O)c1ccc(CNC(=O)C(Sc2ccccn2)c2ccccc2)cc1. The Morgan fingerprint density at radius 2 is 1.68 bits per heavy atom. The van der Waals surface area contributed by atoms with E-state index in [1.807, 2.05) is 48.5 Å². The lowest BCUT2D eigenvalue weighted by atomic mass is 10.1. The molecule has 0 spiro atoms. The van der Waals surface area contributed by atoms with Gasteiger partial charge in [-0.3, -0.25) is 4.79 Å². The number of benzene rings is 2. The molecule has 1 atom stereocenters. The molecule has 0 aliphatic heterocycles. The van der Waals surface area contributed by atoms with Crippen molar-refractivity contribution >= 4 is 27.7 Å². The molecule has 0 saturated carbocycles. The highest BCUT2D eigenvalue weighted by atomic mass is 32.2. The van der Waals surface area contributed by atoms with Crippen molar-refractivity contribution in [2.75, 3.05) is 0 Å². The first kappa shape index (κ1) is 20.1. The van der Waals surface area contributed by atoms with Crippen LogP contribution < -0.4 is 10.5 Å².